The van der Waals surface area contributed by atoms with Gasteiger partial charge >= 0.3 is 0 Å². The first-order chi connectivity index (χ1) is 5.82. The Morgan fingerprint density at radius 1 is 1.31 bits per heavy atom. The molecule has 1 aromatic rings. The average Bonchev–Trinajstić information content (AvgIpc) is 1.78. The van der Waals surface area contributed by atoms with Crippen molar-refractivity contribution in [2.24, 2.45) is 0 Å². The second-order valence-electron chi connectivity index (χ2n) is 4.27. The van der Waals surface area contributed by atoms with E-state index in [1.54, 1.807) is 4.57 Å². The molecule has 1 rings (SSSR count). The third-order valence-corrected chi connectivity index (χ3v) is 1.91. The van der Waals surface area contributed by atoms with Crippen molar-refractivity contribution in [2.75, 3.05) is 5.73 Å². The van der Waals surface area contributed by atoms with Crippen LogP contribution in [0.3, 0.4) is 0 Å². The van der Waals surface area contributed by atoms with E-state index in [1.807, 2.05) is 33.8 Å². The Morgan fingerprint density at radius 3 is 2.23 bits per heavy atom. The van der Waals surface area contributed by atoms with Crippen molar-refractivity contribution in [2.45, 2.75) is 33.2 Å². The van der Waals surface area contributed by atoms with Gasteiger partial charge in [0.15, 0.2) is 0 Å². The van der Waals surface area contributed by atoms with Crippen LogP contribution in [0.2, 0.25) is 0 Å². The van der Waals surface area contributed by atoms with Crippen LogP contribution in [0.5, 0.6) is 0 Å². The van der Waals surface area contributed by atoms with Crippen LogP contribution in [-0.2, 0) is 5.54 Å². The Balaban J connectivity index is 3.47. The number of anilines is 1. The molecule has 0 saturated carbocycles. The second-order valence-corrected chi connectivity index (χ2v) is 4.27. The Morgan fingerprint density at radius 2 is 1.85 bits per heavy atom. The Labute approximate surface area is 78.2 Å². The summed E-state index contributed by atoms with van der Waals surface area (Å²) in [5.74, 6) is 0. The van der Waals surface area contributed by atoms with Gasteiger partial charge in [0, 0.05) is 23.0 Å². The average molecular weight is 180 g/mol. The third kappa shape index (κ3) is 1.91. The molecule has 0 spiro atoms. The highest BCUT2D eigenvalue weighted by atomic mass is 16.1. The van der Waals surface area contributed by atoms with E-state index in [-0.39, 0.29) is 11.1 Å². The van der Waals surface area contributed by atoms with E-state index in [4.69, 9.17) is 5.73 Å². The van der Waals surface area contributed by atoms with Crippen LogP contribution in [0.15, 0.2) is 16.9 Å². The summed E-state index contributed by atoms with van der Waals surface area (Å²) in [4.78, 5) is 11.6. The number of hydrogen-bond acceptors (Lipinski definition) is 2. The fourth-order valence-corrected chi connectivity index (χ4v) is 1.59. The molecule has 2 N–H and O–H groups in total. The van der Waals surface area contributed by atoms with Crippen LogP contribution in [-0.4, -0.2) is 4.57 Å². The third-order valence-electron chi connectivity index (χ3n) is 1.91. The molecular weight excluding hydrogens is 164 g/mol. The molecule has 3 heteroatoms. The molecule has 0 bridgehead atoms. The minimum atomic E-state index is -0.186. The molecular formula is C10H16N2O. The minimum absolute atomic E-state index is 0.0370. The number of nitrogens with two attached hydrogens (primary N) is 1. The number of hydrogen-bond donors (Lipinski definition) is 1. The molecule has 0 aliphatic rings. The number of nitrogens with zero attached hydrogens (tertiary/aromatic N) is 1. The topological polar surface area (TPSA) is 48.0 Å². The molecule has 0 aliphatic heterocycles. The van der Waals surface area contributed by atoms with Crippen LogP contribution in [0, 0.1) is 6.92 Å². The number of pyridine rings is 1. The lowest BCUT2D eigenvalue weighted by Gasteiger charge is -2.24. The van der Waals surface area contributed by atoms with E-state index >= 15 is 0 Å². The number of aromatic nitrogens is 1. The minimum Gasteiger partial charge on any atom is -0.399 e. The summed E-state index contributed by atoms with van der Waals surface area (Å²) in [5.41, 5.74) is 6.77. The van der Waals surface area contributed by atoms with E-state index in [0.29, 0.717) is 5.69 Å². The standard InChI is InChI=1S/C10H16N2O/c1-7-5-8(11)6-9(13)12(7)10(2,3)4/h5-6H,11H2,1-4H3. The van der Waals surface area contributed by atoms with E-state index in [2.05, 4.69) is 0 Å². The fraction of sp³-hybridized carbons (Fsp3) is 0.500. The first-order valence-electron chi connectivity index (χ1n) is 4.32. The molecule has 72 valence electrons. The zero-order chi connectivity index (χ0) is 10.2. The predicted octanol–water partition coefficient (Wildman–Crippen LogP) is 1.49. The molecule has 0 saturated heterocycles. The molecule has 1 aromatic heterocycles. The smallest absolute Gasteiger partial charge is 0.253 e. The molecule has 0 aromatic carbocycles. The van der Waals surface area contributed by atoms with E-state index in [1.165, 1.54) is 6.07 Å². The SMILES string of the molecule is Cc1cc(N)cc(=O)n1C(C)(C)C. The molecule has 1 heterocycles. The Bertz CT molecular complexity index is 371. The summed E-state index contributed by atoms with van der Waals surface area (Å²) in [5, 5.41) is 0. The van der Waals surface area contributed by atoms with Crippen LogP contribution in [0.4, 0.5) is 5.69 Å². The van der Waals surface area contributed by atoms with Gasteiger partial charge in [-0.1, -0.05) is 0 Å². The number of rotatable bonds is 0. The Hall–Kier alpha value is -1.25. The molecule has 3 nitrogen and oxygen atoms in total. The zero-order valence-electron chi connectivity index (χ0n) is 8.59. The predicted molar refractivity (Wildman–Crippen MR) is 54.8 cm³/mol. The van der Waals surface area contributed by atoms with E-state index in [9.17, 15) is 4.79 Å². The summed E-state index contributed by atoms with van der Waals surface area (Å²) in [6, 6.07) is 3.27. The van der Waals surface area contributed by atoms with Crippen molar-refractivity contribution in [3.8, 4) is 0 Å². The maximum absolute atomic E-state index is 11.6. The van der Waals surface area contributed by atoms with Gasteiger partial charge < -0.3 is 10.3 Å². The summed E-state index contributed by atoms with van der Waals surface area (Å²) in [7, 11) is 0. The van der Waals surface area contributed by atoms with Crippen molar-refractivity contribution in [1.29, 1.82) is 0 Å². The first kappa shape index (κ1) is 9.84. The van der Waals surface area contributed by atoms with Gasteiger partial charge in [-0.25, -0.2) is 0 Å². The van der Waals surface area contributed by atoms with Crippen molar-refractivity contribution in [3.63, 3.8) is 0 Å². The van der Waals surface area contributed by atoms with Gasteiger partial charge in [0.2, 0.25) is 0 Å². The highest BCUT2D eigenvalue weighted by molar-refractivity contribution is 5.37. The second kappa shape index (κ2) is 2.91. The monoisotopic (exact) mass is 180 g/mol. The maximum atomic E-state index is 11.6. The normalized spacial score (nSPS) is 11.7. The lowest BCUT2D eigenvalue weighted by atomic mass is 10.1. The van der Waals surface area contributed by atoms with Crippen molar-refractivity contribution in [3.05, 3.63) is 28.2 Å². The van der Waals surface area contributed by atoms with Gasteiger partial charge in [-0.2, -0.15) is 0 Å². The lowest BCUT2D eigenvalue weighted by Crippen LogP contribution is -2.35. The maximum Gasteiger partial charge on any atom is 0.253 e. The highest BCUT2D eigenvalue weighted by Crippen LogP contribution is 2.14. The zero-order valence-corrected chi connectivity index (χ0v) is 8.59. The van der Waals surface area contributed by atoms with Crippen LogP contribution < -0.4 is 11.3 Å². The van der Waals surface area contributed by atoms with Gasteiger partial charge in [0.05, 0.1) is 0 Å². The highest BCUT2D eigenvalue weighted by Gasteiger charge is 2.16. The molecule has 0 radical (unpaired) electrons. The van der Waals surface area contributed by atoms with Crippen LogP contribution >= 0.6 is 0 Å². The molecule has 0 amide bonds. The quantitative estimate of drug-likeness (QED) is 0.657. The summed E-state index contributed by atoms with van der Waals surface area (Å²) >= 11 is 0. The van der Waals surface area contributed by atoms with Crippen LogP contribution in [0.1, 0.15) is 26.5 Å². The molecule has 0 unspecified atom stereocenters. The summed E-state index contributed by atoms with van der Waals surface area (Å²) in [6.07, 6.45) is 0. The van der Waals surface area contributed by atoms with Gasteiger partial charge in [-0.15, -0.1) is 0 Å². The fourth-order valence-electron chi connectivity index (χ4n) is 1.59. The largest absolute Gasteiger partial charge is 0.399 e. The summed E-state index contributed by atoms with van der Waals surface area (Å²) < 4.78 is 1.74. The van der Waals surface area contributed by atoms with Gasteiger partial charge in [0.25, 0.3) is 5.56 Å². The summed E-state index contributed by atoms with van der Waals surface area (Å²) in [6.45, 7) is 7.88. The number of aryl methyl sites for hydroxylation is 1. The molecule has 0 fully saturated rings. The van der Waals surface area contributed by atoms with Gasteiger partial charge in [-0.3, -0.25) is 4.79 Å². The van der Waals surface area contributed by atoms with Crippen LogP contribution in [0.25, 0.3) is 0 Å². The van der Waals surface area contributed by atoms with Crippen molar-refractivity contribution < 1.29 is 0 Å². The van der Waals surface area contributed by atoms with Gasteiger partial charge in [-0.05, 0) is 33.8 Å². The molecule has 13 heavy (non-hydrogen) atoms. The lowest BCUT2D eigenvalue weighted by molar-refractivity contribution is 0.376. The Kier molecular flexibility index (Phi) is 2.20. The molecule has 0 aliphatic carbocycles. The molecule has 0 atom stereocenters. The van der Waals surface area contributed by atoms with E-state index in [0.717, 1.165) is 5.69 Å². The first-order valence-corrected chi connectivity index (χ1v) is 4.32. The van der Waals surface area contributed by atoms with Crippen molar-refractivity contribution >= 4 is 5.69 Å². The van der Waals surface area contributed by atoms with Gasteiger partial charge in [0.1, 0.15) is 0 Å². The van der Waals surface area contributed by atoms with Crippen molar-refractivity contribution in [1.82, 2.24) is 4.57 Å². The number of nitrogen functional groups attached to an aromatic ring is 1. The van der Waals surface area contributed by atoms with E-state index < -0.39 is 0 Å².